The van der Waals surface area contributed by atoms with E-state index < -0.39 is 0 Å². The molecule has 1 aliphatic rings. The Morgan fingerprint density at radius 3 is 2.73 bits per heavy atom. The molecule has 1 fully saturated rings. The van der Waals surface area contributed by atoms with E-state index in [1.807, 2.05) is 16.8 Å². The van der Waals surface area contributed by atoms with Gasteiger partial charge in [0.2, 0.25) is 0 Å². The summed E-state index contributed by atoms with van der Waals surface area (Å²) in [5, 5.41) is 5.24. The molecule has 0 saturated heterocycles. The van der Waals surface area contributed by atoms with E-state index in [9.17, 15) is 0 Å². The van der Waals surface area contributed by atoms with Crippen LogP contribution in [0.2, 0.25) is 0 Å². The van der Waals surface area contributed by atoms with Gasteiger partial charge in [-0.25, -0.2) is 4.68 Å². The second-order valence-corrected chi connectivity index (χ2v) is 6.79. The normalized spacial score (nSPS) is 15.5. The molecule has 2 N–H and O–H groups in total. The summed E-state index contributed by atoms with van der Waals surface area (Å²) in [4.78, 5) is 12.8. The van der Waals surface area contributed by atoms with Crippen LogP contribution in [0.15, 0.2) is 42.9 Å². The molecule has 0 aliphatic heterocycles. The quantitative estimate of drug-likeness (QED) is 0.711. The average Bonchev–Trinajstić information content (AvgIpc) is 3.06. The van der Waals surface area contributed by atoms with Gasteiger partial charge in [-0.05, 0) is 49.3 Å². The monoisotopic (exact) mass is 350 g/mol. The molecule has 26 heavy (non-hydrogen) atoms. The number of hydrogen-bond acceptors (Lipinski definition) is 6. The first-order chi connectivity index (χ1) is 12.7. The molecular weight excluding hydrogens is 328 g/mol. The molecular formula is C19H22N6O. The van der Waals surface area contributed by atoms with Crippen LogP contribution in [0.5, 0.6) is 6.01 Å². The van der Waals surface area contributed by atoms with Gasteiger partial charge in [0.25, 0.3) is 0 Å². The number of allylic oxidation sites excluding steroid dienone is 1. The van der Waals surface area contributed by atoms with Gasteiger partial charge in [-0.2, -0.15) is 15.1 Å². The molecule has 3 aromatic rings. The number of pyridine rings is 1. The smallest absolute Gasteiger partial charge is 0.320 e. The van der Waals surface area contributed by atoms with E-state index in [1.54, 1.807) is 18.6 Å². The van der Waals surface area contributed by atoms with Crippen molar-refractivity contribution in [2.45, 2.75) is 38.8 Å². The number of nitrogens with zero attached hydrogens (tertiary/aromatic N) is 5. The summed E-state index contributed by atoms with van der Waals surface area (Å²) in [6.45, 7) is 5.28. The average molecular weight is 350 g/mol. The third-order valence-corrected chi connectivity index (χ3v) is 4.87. The maximum Gasteiger partial charge on any atom is 0.320 e. The Hall–Kier alpha value is -2.96. The minimum Gasteiger partial charge on any atom is -0.458 e. The van der Waals surface area contributed by atoms with Crippen LogP contribution >= 0.6 is 0 Å². The van der Waals surface area contributed by atoms with Crippen molar-refractivity contribution in [1.29, 1.82) is 0 Å². The highest BCUT2D eigenvalue weighted by Gasteiger charge is 2.19. The minimum atomic E-state index is 0.269. The number of ether oxygens (including phenoxy) is 1. The first-order valence-electron chi connectivity index (χ1n) is 8.86. The summed E-state index contributed by atoms with van der Waals surface area (Å²) in [5.41, 5.74) is 9.16. The van der Waals surface area contributed by atoms with Crippen LogP contribution in [0.3, 0.4) is 0 Å². The van der Waals surface area contributed by atoms with Gasteiger partial charge in [0.1, 0.15) is 12.4 Å². The fourth-order valence-corrected chi connectivity index (χ4v) is 3.29. The summed E-state index contributed by atoms with van der Waals surface area (Å²) in [6, 6.07) is 4.05. The van der Waals surface area contributed by atoms with Crippen molar-refractivity contribution in [3.05, 3.63) is 48.4 Å². The van der Waals surface area contributed by atoms with Crippen molar-refractivity contribution in [1.82, 2.24) is 24.7 Å². The summed E-state index contributed by atoms with van der Waals surface area (Å²) in [5.74, 6) is 0.976. The lowest BCUT2D eigenvalue weighted by Gasteiger charge is -2.23. The highest BCUT2D eigenvalue weighted by atomic mass is 16.5. The molecule has 0 spiro atoms. The Kier molecular flexibility index (Phi) is 4.51. The van der Waals surface area contributed by atoms with E-state index in [1.165, 1.54) is 5.57 Å². The van der Waals surface area contributed by atoms with Crippen molar-refractivity contribution in [2.75, 3.05) is 5.73 Å². The van der Waals surface area contributed by atoms with Gasteiger partial charge in [0.05, 0.1) is 11.6 Å². The van der Waals surface area contributed by atoms with Crippen molar-refractivity contribution in [3.63, 3.8) is 0 Å². The number of fused-ring (bicyclic) bond motifs is 1. The molecule has 0 unspecified atom stereocenters. The lowest BCUT2D eigenvalue weighted by molar-refractivity contribution is 0.281. The van der Waals surface area contributed by atoms with E-state index >= 15 is 0 Å². The van der Waals surface area contributed by atoms with E-state index in [2.05, 4.69) is 26.6 Å². The van der Waals surface area contributed by atoms with Crippen molar-refractivity contribution >= 4 is 16.9 Å². The van der Waals surface area contributed by atoms with Gasteiger partial charge in [-0.15, -0.1) is 0 Å². The molecule has 0 atom stereocenters. The molecule has 0 amide bonds. The second kappa shape index (κ2) is 7.11. The van der Waals surface area contributed by atoms with Crippen molar-refractivity contribution < 1.29 is 4.74 Å². The topological polar surface area (TPSA) is 91.7 Å². The van der Waals surface area contributed by atoms with Crippen LogP contribution < -0.4 is 10.5 Å². The molecule has 0 aromatic carbocycles. The zero-order chi connectivity index (χ0) is 17.9. The Morgan fingerprint density at radius 2 is 1.96 bits per heavy atom. The number of rotatable bonds is 5. The summed E-state index contributed by atoms with van der Waals surface area (Å²) in [7, 11) is 0. The Labute approximate surface area is 151 Å². The third kappa shape index (κ3) is 3.51. The molecule has 0 bridgehead atoms. The van der Waals surface area contributed by atoms with Crippen LogP contribution in [0.25, 0.3) is 11.0 Å². The number of hydrogen-bond donors (Lipinski definition) is 1. The number of aromatic nitrogens is 5. The van der Waals surface area contributed by atoms with Gasteiger partial charge in [-0.3, -0.25) is 4.98 Å². The third-order valence-electron chi connectivity index (χ3n) is 4.87. The maximum atomic E-state index is 6.08. The number of nitrogen functional groups attached to an aromatic ring is 1. The molecule has 3 aromatic heterocycles. The van der Waals surface area contributed by atoms with Gasteiger partial charge in [0, 0.05) is 18.9 Å². The highest BCUT2D eigenvalue weighted by Crippen LogP contribution is 2.29. The van der Waals surface area contributed by atoms with Crippen LogP contribution in [0, 0.1) is 5.92 Å². The molecule has 134 valence electrons. The Balaban J connectivity index is 1.53. The molecule has 1 saturated carbocycles. The van der Waals surface area contributed by atoms with Crippen LogP contribution in [-0.4, -0.2) is 24.7 Å². The van der Waals surface area contributed by atoms with Crippen LogP contribution in [-0.2, 0) is 13.2 Å². The lowest BCUT2D eigenvalue weighted by Crippen LogP contribution is -2.16. The standard InChI is InChI=1S/C19H22N6O/c1-13-2-4-14(5-3-13)11-25-18-16(10-22-25)17(20)23-19(24-18)26-12-15-6-8-21-9-7-15/h6-10,14H,1-5,11-12H2,(H2,20,23,24). The van der Waals surface area contributed by atoms with Crippen LogP contribution in [0.1, 0.15) is 31.2 Å². The largest absolute Gasteiger partial charge is 0.458 e. The predicted octanol–water partition coefficient (Wildman–Crippen LogP) is 3.13. The second-order valence-electron chi connectivity index (χ2n) is 6.79. The minimum absolute atomic E-state index is 0.269. The summed E-state index contributed by atoms with van der Waals surface area (Å²) < 4.78 is 7.65. The van der Waals surface area contributed by atoms with Crippen LogP contribution in [0.4, 0.5) is 5.82 Å². The van der Waals surface area contributed by atoms with Gasteiger partial charge in [0.15, 0.2) is 5.65 Å². The lowest BCUT2D eigenvalue weighted by atomic mass is 9.86. The SMILES string of the molecule is C=C1CCC(Cn2ncc3c(N)nc(OCc4ccncc4)nc32)CC1. The molecule has 0 radical (unpaired) electrons. The first-order valence-corrected chi connectivity index (χ1v) is 8.86. The Morgan fingerprint density at radius 1 is 1.19 bits per heavy atom. The molecule has 7 heteroatoms. The Bertz CT molecular complexity index is 910. The summed E-state index contributed by atoms with van der Waals surface area (Å²) >= 11 is 0. The van der Waals surface area contributed by atoms with Crippen molar-refractivity contribution in [2.24, 2.45) is 5.92 Å². The van der Waals surface area contributed by atoms with E-state index in [0.29, 0.717) is 18.3 Å². The van der Waals surface area contributed by atoms with Gasteiger partial charge >= 0.3 is 6.01 Å². The predicted molar refractivity (Wildman–Crippen MR) is 99.4 cm³/mol. The fourth-order valence-electron chi connectivity index (χ4n) is 3.29. The van der Waals surface area contributed by atoms with E-state index in [-0.39, 0.29) is 6.01 Å². The number of nitrogens with two attached hydrogens (primary N) is 1. The fraction of sp³-hybridized carbons (Fsp3) is 0.368. The molecule has 7 nitrogen and oxygen atoms in total. The molecule has 4 rings (SSSR count). The maximum absolute atomic E-state index is 6.08. The van der Waals surface area contributed by atoms with Crippen molar-refractivity contribution in [3.8, 4) is 6.01 Å². The van der Waals surface area contributed by atoms with E-state index in [4.69, 9.17) is 10.5 Å². The first kappa shape index (κ1) is 16.5. The molecule has 1 aliphatic carbocycles. The highest BCUT2D eigenvalue weighted by molar-refractivity contribution is 5.85. The number of anilines is 1. The van der Waals surface area contributed by atoms with Gasteiger partial charge in [-0.1, -0.05) is 12.2 Å². The zero-order valence-electron chi connectivity index (χ0n) is 14.6. The zero-order valence-corrected chi connectivity index (χ0v) is 14.6. The van der Waals surface area contributed by atoms with Gasteiger partial charge < -0.3 is 10.5 Å². The van der Waals surface area contributed by atoms with E-state index in [0.717, 1.165) is 48.8 Å². The summed E-state index contributed by atoms with van der Waals surface area (Å²) in [6.07, 6.45) is 9.68. The molecule has 3 heterocycles.